The fraction of sp³-hybridized carbons (Fsp3) is 0.407. The predicted octanol–water partition coefficient (Wildman–Crippen LogP) is 4.21. The Balaban J connectivity index is 1.31. The molecule has 1 saturated heterocycles. The fourth-order valence-corrected chi connectivity index (χ4v) is 4.41. The molecule has 1 heterocycles. The maximum Gasteiger partial charge on any atom is 0.411 e. The number of nitrogens with zero attached hydrogens (tertiary/aromatic N) is 1. The predicted molar refractivity (Wildman–Crippen MR) is 130 cm³/mol. The van der Waals surface area contributed by atoms with E-state index < -0.39 is 23.7 Å². The van der Waals surface area contributed by atoms with Crippen molar-refractivity contribution in [2.24, 2.45) is 0 Å². The summed E-state index contributed by atoms with van der Waals surface area (Å²) in [6.45, 7) is 6.42. The van der Waals surface area contributed by atoms with E-state index in [1.165, 1.54) is 4.90 Å². The molecular weight excluding hydrogens is 448 g/mol. The van der Waals surface area contributed by atoms with Crippen molar-refractivity contribution in [1.29, 1.82) is 0 Å². The number of rotatable bonds is 6. The van der Waals surface area contributed by atoms with Crippen LogP contribution in [0.2, 0.25) is 0 Å². The van der Waals surface area contributed by atoms with Gasteiger partial charge in [0.15, 0.2) is 11.6 Å². The van der Waals surface area contributed by atoms with Crippen LogP contribution in [0.15, 0.2) is 42.5 Å². The largest absolute Gasteiger partial charge is 0.464 e. The summed E-state index contributed by atoms with van der Waals surface area (Å²) in [6, 6.07) is 11.4. The fourth-order valence-electron chi connectivity index (χ4n) is 4.41. The summed E-state index contributed by atoms with van der Waals surface area (Å²) in [4.78, 5) is 52.3. The molecule has 1 aliphatic carbocycles. The number of esters is 1. The van der Waals surface area contributed by atoms with Gasteiger partial charge in [-0.1, -0.05) is 36.4 Å². The molecule has 2 aromatic rings. The van der Waals surface area contributed by atoms with Crippen LogP contribution in [-0.2, 0) is 14.3 Å². The lowest BCUT2D eigenvalue weighted by Gasteiger charge is -2.27. The third-order valence-electron chi connectivity index (χ3n) is 5.99. The van der Waals surface area contributed by atoms with Gasteiger partial charge in [0, 0.05) is 35.5 Å². The molecule has 35 heavy (non-hydrogen) atoms. The van der Waals surface area contributed by atoms with Crippen molar-refractivity contribution in [2.45, 2.75) is 51.7 Å². The second-order valence-electron chi connectivity index (χ2n) is 9.71. The lowest BCUT2D eigenvalue weighted by Crippen LogP contribution is -2.44. The minimum Gasteiger partial charge on any atom is -0.464 e. The number of anilines is 1. The van der Waals surface area contributed by atoms with Gasteiger partial charge in [0.05, 0.1) is 12.2 Å². The Kier molecular flexibility index (Phi) is 6.91. The minimum absolute atomic E-state index is 0.162. The molecule has 0 unspecified atom stereocenters. The number of amides is 1. The van der Waals surface area contributed by atoms with Crippen LogP contribution in [0.25, 0.3) is 0 Å². The highest BCUT2D eigenvalue weighted by atomic mass is 16.6. The Morgan fingerprint density at radius 3 is 2.40 bits per heavy atom. The van der Waals surface area contributed by atoms with E-state index in [2.05, 4.69) is 5.32 Å². The molecule has 2 aromatic carbocycles. The normalized spacial score (nSPS) is 17.0. The minimum atomic E-state index is -0.636. The van der Waals surface area contributed by atoms with E-state index in [1.807, 2.05) is 0 Å². The van der Waals surface area contributed by atoms with Gasteiger partial charge in [-0.05, 0) is 46.1 Å². The number of ether oxygens (including phenoxy) is 2. The quantitative estimate of drug-likeness (QED) is 0.418. The standard InChI is InChI=1S/C27H30N2O6/c1-27(2,3)35-26(33)29-15-7-13-21(29)25(32)34-16-8-14-28-20-12-6-11-19-22(20)24(31)18-10-5-4-9-17(18)23(19)30/h4-6,9-12,21,28H,7-8,13-16H2,1-3H3/t21-/m0/s1. The summed E-state index contributed by atoms with van der Waals surface area (Å²) in [6.07, 6.45) is 1.25. The zero-order valence-corrected chi connectivity index (χ0v) is 20.3. The third kappa shape index (κ3) is 5.21. The number of ketones is 2. The number of carbonyl (C=O) groups is 4. The number of nitrogens with one attached hydrogen (secondary N) is 1. The van der Waals surface area contributed by atoms with Gasteiger partial charge in [-0.2, -0.15) is 0 Å². The van der Waals surface area contributed by atoms with Gasteiger partial charge in [0.1, 0.15) is 11.6 Å². The van der Waals surface area contributed by atoms with E-state index in [-0.39, 0.29) is 18.2 Å². The molecule has 4 rings (SSSR count). The molecule has 0 bridgehead atoms. The number of benzene rings is 2. The van der Waals surface area contributed by atoms with Crippen LogP contribution in [0.5, 0.6) is 0 Å². The van der Waals surface area contributed by atoms with Crippen LogP contribution in [0.1, 0.15) is 71.9 Å². The molecule has 8 nitrogen and oxygen atoms in total. The molecule has 0 radical (unpaired) electrons. The maximum atomic E-state index is 13.1. The van der Waals surface area contributed by atoms with Crippen LogP contribution < -0.4 is 5.32 Å². The van der Waals surface area contributed by atoms with E-state index in [1.54, 1.807) is 63.2 Å². The van der Waals surface area contributed by atoms with Crippen molar-refractivity contribution in [1.82, 2.24) is 4.90 Å². The van der Waals surface area contributed by atoms with Crippen LogP contribution in [0, 0.1) is 0 Å². The van der Waals surface area contributed by atoms with E-state index in [4.69, 9.17) is 9.47 Å². The van der Waals surface area contributed by atoms with E-state index in [0.717, 1.165) is 6.42 Å². The highest BCUT2D eigenvalue weighted by Crippen LogP contribution is 2.32. The Bertz CT molecular complexity index is 1170. The molecule has 1 N–H and O–H groups in total. The van der Waals surface area contributed by atoms with Gasteiger partial charge < -0.3 is 14.8 Å². The number of fused-ring (bicyclic) bond motifs is 2. The zero-order chi connectivity index (χ0) is 25.2. The summed E-state index contributed by atoms with van der Waals surface area (Å²) in [5, 5.41) is 3.20. The van der Waals surface area contributed by atoms with Crippen molar-refractivity contribution in [3.05, 3.63) is 64.7 Å². The summed E-state index contributed by atoms with van der Waals surface area (Å²) in [7, 11) is 0. The zero-order valence-electron chi connectivity index (χ0n) is 20.3. The van der Waals surface area contributed by atoms with Crippen molar-refractivity contribution in [3.63, 3.8) is 0 Å². The smallest absolute Gasteiger partial charge is 0.411 e. The van der Waals surface area contributed by atoms with Crippen LogP contribution >= 0.6 is 0 Å². The Morgan fingerprint density at radius 2 is 1.69 bits per heavy atom. The lowest BCUT2D eigenvalue weighted by atomic mass is 9.83. The van der Waals surface area contributed by atoms with Crippen molar-refractivity contribution in [2.75, 3.05) is 25.0 Å². The third-order valence-corrected chi connectivity index (χ3v) is 5.99. The van der Waals surface area contributed by atoms with Gasteiger partial charge in [-0.3, -0.25) is 14.5 Å². The highest BCUT2D eigenvalue weighted by Gasteiger charge is 2.37. The molecule has 0 aromatic heterocycles. The number of carbonyl (C=O) groups excluding carboxylic acids is 4. The highest BCUT2D eigenvalue weighted by molar-refractivity contribution is 6.30. The second kappa shape index (κ2) is 9.90. The first-order chi connectivity index (χ1) is 16.7. The first-order valence-corrected chi connectivity index (χ1v) is 11.9. The maximum absolute atomic E-state index is 13.1. The molecule has 0 spiro atoms. The van der Waals surface area contributed by atoms with Crippen molar-refractivity contribution < 1.29 is 28.7 Å². The van der Waals surface area contributed by atoms with Crippen molar-refractivity contribution >= 4 is 29.3 Å². The summed E-state index contributed by atoms with van der Waals surface area (Å²) < 4.78 is 10.8. The van der Waals surface area contributed by atoms with Gasteiger partial charge in [-0.25, -0.2) is 9.59 Å². The van der Waals surface area contributed by atoms with E-state index in [0.29, 0.717) is 53.9 Å². The molecule has 1 aliphatic heterocycles. The van der Waals surface area contributed by atoms with Gasteiger partial charge in [0.25, 0.3) is 0 Å². The molecule has 1 fully saturated rings. The average Bonchev–Trinajstić information content (AvgIpc) is 3.31. The molecule has 1 amide bonds. The SMILES string of the molecule is CC(C)(C)OC(=O)N1CCC[C@H]1C(=O)OCCCNc1cccc2c1C(=O)c1ccccc1C2=O. The number of hydrogen-bond acceptors (Lipinski definition) is 7. The number of hydrogen-bond donors (Lipinski definition) is 1. The average molecular weight is 479 g/mol. The Morgan fingerprint density at radius 1 is 1.00 bits per heavy atom. The monoisotopic (exact) mass is 478 g/mol. The number of likely N-dealkylation sites (tertiary alicyclic amines) is 1. The van der Waals surface area contributed by atoms with Gasteiger partial charge >= 0.3 is 12.1 Å². The molecular formula is C27H30N2O6. The molecule has 8 heteroatoms. The van der Waals surface area contributed by atoms with Crippen LogP contribution in [0.4, 0.5) is 10.5 Å². The first kappa shape index (κ1) is 24.4. The molecule has 184 valence electrons. The van der Waals surface area contributed by atoms with Crippen molar-refractivity contribution in [3.8, 4) is 0 Å². The summed E-state index contributed by atoms with van der Waals surface area (Å²) in [5.74, 6) is -0.796. The van der Waals surface area contributed by atoms with Crippen LogP contribution in [-0.4, -0.2) is 59.9 Å². The molecule has 1 atom stereocenters. The summed E-state index contributed by atoms with van der Waals surface area (Å²) in [5.41, 5.74) is 1.51. The van der Waals surface area contributed by atoms with E-state index in [9.17, 15) is 19.2 Å². The first-order valence-electron chi connectivity index (χ1n) is 11.9. The summed E-state index contributed by atoms with van der Waals surface area (Å²) >= 11 is 0. The van der Waals surface area contributed by atoms with Crippen LogP contribution in [0.3, 0.4) is 0 Å². The van der Waals surface area contributed by atoms with Gasteiger partial charge in [-0.15, -0.1) is 0 Å². The lowest BCUT2D eigenvalue weighted by molar-refractivity contribution is -0.148. The van der Waals surface area contributed by atoms with Gasteiger partial charge in [0.2, 0.25) is 0 Å². The molecule has 2 aliphatic rings. The molecule has 0 saturated carbocycles. The second-order valence-corrected chi connectivity index (χ2v) is 9.71. The van der Waals surface area contributed by atoms with E-state index >= 15 is 0 Å². The Labute approximate surface area is 204 Å². The topological polar surface area (TPSA) is 102 Å². The Hall–Kier alpha value is -3.68.